The standard InChI is InChI=1S/C18H29N3O2/c1-13-8-11-17(23)21(20-13)12-16(22)19-15-7-5-6-14(9-10-15)18(2,3)4/h8,11,14-15H,5-7,9-10,12H2,1-4H3,(H,19,22)/t14-,15-/m1/s1. The molecule has 1 amide bonds. The Morgan fingerprint density at radius 1 is 1.26 bits per heavy atom. The molecule has 0 saturated heterocycles. The van der Waals surface area contributed by atoms with Crippen molar-refractivity contribution in [3.8, 4) is 0 Å². The van der Waals surface area contributed by atoms with Crippen LogP contribution in [0, 0.1) is 18.3 Å². The van der Waals surface area contributed by atoms with Crippen molar-refractivity contribution in [2.45, 2.75) is 72.4 Å². The van der Waals surface area contributed by atoms with Gasteiger partial charge in [-0.25, -0.2) is 4.68 Å². The summed E-state index contributed by atoms with van der Waals surface area (Å²) in [4.78, 5) is 24.0. The second kappa shape index (κ2) is 7.28. The van der Waals surface area contributed by atoms with Gasteiger partial charge in [-0.2, -0.15) is 5.10 Å². The summed E-state index contributed by atoms with van der Waals surface area (Å²) in [5.74, 6) is 0.592. The van der Waals surface area contributed by atoms with Crippen molar-refractivity contribution in [2.24, 2.45) is 11.3 Å². The molecule has 1 aliphatic rings. The van der Waals surface area contributed by atoms with Gasteiger partial charge in [0.1, 0.15) is 6.54 Å². The van der Waals surface area contributed by atoms with Crippen LogP contribution in [0.4, 0.5) is 0 Å². The van der Waals surface area contributed by atoms with Crippen LogP contribution in [0.5, 0.6) is 0 Å². The minimum absolute atomic E-state index is 0.000285. The zero-order valence-electron chi connectivity index (χ0n) is 14.8. The Morgan fingerprint density at radius 2 is 2.00 bits per heavy atom. The molecule has 0 radical (unpaired) electrons. The van der Waals surface area contributed by atoms with E-state index in [1.807, 2.05) is 6.92 Å². The number of carbonyl (C=O) groups excluding carboxylic acids is 1. The number of carbonyl (C=O) groups is 1. The molecule has 0 aromatic carbocycles. The maximum absolute atomic E-state index is 12.2. The van der Waals surface area contributed by atoms with E-state index in [-0.39, 0.29) is 24.1 Å². The normalized spacial score (nSPS) is 22.4. The Bertz CT molecular complexity index is 601. The zero-order valence-corrected chi connectivity index (χ0v) is 14.8. The third kappa shape index (κ3) is 5.19. The molecular weight excluding hydrogens is 290 g/mol. The predicted molar refractivity (Wildman–Crippen MR) is 91.2 cm³/mol. The van der Waals surface area contributed by atoms with Crippen LogP contribution in [0.2, 0.25) is 0 Å². The third-order valence-electron chi connectivity index (χ3n) is 4.85. The summed E-state index contributed by atoms with van der Waals surface area (Å²) in [6.45, 7) is 8.71. The molecule has 5 heteroatoms. The van der Waals surface area contributed by atoms with Gasteiger partial charge in [0.25, 0.3) is 5.56 Å². The lowest BCUT2D eigenvalue weighted by Crippen LogP contribution is -2.39. The first-order valence-corrected chi connectivity index (χ1v) is 8.60. The molecule has 0 aliphatic heterocycles. The van der Waals surface area contributed by atoms with Crippen molar-refractivity contribution >= 4 is 5.91 Å². The molecule has 2 rings (SSSR count). The Labute approximate surface area is 138 Å². The summed E-state index contributed by atoms with van der Waals surface area (Å²) in [5, 5.41) is 7.20. The number of aryl methyl sites for hydroxylation is 1. The third-order valence-corrected chi connectivity index (χ3v) is 4.85. The van der Waals surface area contributed by atoms with Crippen molar-refractivity contribution in [3.05, 3.63) is 28.2 Å². The average Bonchev–Trinajstić information content (AvgIpc) is 2.68. The Morgan fingerprint density at radius 3 is 2.70 bits per heavy atom. The fourth-order valence-electron chi connectivity index (χ4n) is 3.39. The average molecular weight is 319 g/mol. The van der Waals surface area contributed by atoms with Crippen LogP contribution in [0.1, 0.15) is 58.6 Å². The maximum atomic E-state index is 12.2. The first kappa shape index (κ1) is 17.7. The first-order valence-electron chi connectivity index (χ1n) is 8.60. The molecule has 1 fully saturated rings. The number of rotatable bonds is 3. The summed E-state index contributed by atoms with van der Waals surface area (Å²) in [6, 6.07) is 3.33. The summed E-state index contributed by atoms with van der Waals surface area (Å²) < 4.78 is 1.24. The molecule has 0 bridgehead atoms. The molecule has 1 heterocycles. The molecular formula is C18H29N3O2. The van der Waals surface area contributed by atoms with Gasteiger partial charge in [0, 0.05) is 12.1 Å². The minimum Gasteiger partial charge on any atom is -0.352 e. The number of amides is 1. The van der Waals surface area contributed by atoms with Crippen molar-refractivity contribution < 1.29 is 4.79 Å². The fourth-order valence-corrected chi connectivity index (χ4v) is 3.39. The molecule has 2 atom stereocenters. The SMILES string of the molecule is Cc1ccc(=O)n(CC(=O)N[C@@H]2CCC[C@@H](C(C)(C)C)CC2)n1. The Hall–Kier alpha value is -1.65. The monoisotopic (exact) mass is 319 g/mol. The van der Waals surface area contributed by atoms with Crippen molar-refractivity contribution in [2.75, 3.05) is 0 Å². The van der Waals surface area contributed by atoms with Gasteiger partial charge in [-0.15, -0.1) is 0 Å². The quantitative estimate of drug-likeness (QED) is 0.871. The van der Waals surface area contributed by atoms with E-state index in [9.17, 15) is 9.59 Å². The topological polar surface area (TPSA) is 64.0 Å². The van der Waals surface area contributed by atoms with E-state index in [0.29, 0.717) is 11.3 Å². The van der Waals surface area contributed by atoms with Gasteiger partial charge in [-0.05, 0) is 50.0 Å². The smallest absolute Gasteiger partial charge is 0.267 e. The van der Waals surface area contributed by atoms with E-state index in [4.69, 9.17) is 0 Å². The molecule has 1 aliphatic carbocycles. The largest absolute Gasteiger partial charge is 0.352 e. The van der Waals surface area contributed by atoms with Gasteiger partial charge in [0.15, 0.2) is 0 Å². The van der Waals surface area contributed by atoms with Crippen molar-refractivity contribution in [1.29, 1.82) is 0 Å². The fraction of sp³-hybridized carbons (Fsp3) is 0.722. The summed E-state index contributed by atoms with van der Waals surface area (Å²) >= 11 is 0. The van der Waals surface area contributed by atoms with E-state index < -0.39 is 0 Å². The number of aromatic nitrogens is 2. The highest BCUT2D eigenvalue weighted by Gasteiger charge is 2.28. The second-order valence-corrected chi connectivity index (χ2v) is 7.81. The zero-order chi connectivity index (χ0) is 17.0. The second-order valence-electron chi connectivity index (χ2n) is 7.81. The van der Waals surface area contributed by atoms with Crippen LogP contribution in [-0.2, 0) is 11.3 Å². The lowest BCUT2D eigenvalue weighted by Gasteiger charge is -2.29. The molecule has 0 unspecified atom stereocenters. The molecule has 23 heavy (non-hydrogen) atoms. The molecule has 5 nitrogen and oxygen atoms in total. The van der Waals surface area contributed by atoms with Crippen LogP contribution < -0.4 is 10.9 Å². The number of nitrogens with zero attached hydrogens (tertiary/aromatic N) is 2. The van der Waals surface area contributed by atoms with Crippen LogP contribution in [-0.4, -0.2) is 21.7 Å². The highest BCUT2D eigenvalue weighted by Crippen LogP contribution is 2.36. The number of hydrogen-bond acceptors (Lipinski definition) is 3. The number of nitrogens with one attached hydrogen (secondary N) is 1. The van der Waals surface area contributed by atoms with E-state index in [0.717, 1.165) is 31.4 Å². The van der Waals surface area contributed by atoms with Crippen LogP contribution in [0.3, 0.4) is 0 Å². The minimum atomic E-state index is -0.237. The Balaban J connectivity index is 1.90. The van der Waals surface area contributed by atoms with E-state index in [1.165, 1.54) is 17.2 Å². The van der Waals surface area contributed by atoms with Crippen LogP contribution in [0.15, 0.2) is 16.9 Å². The summed E-state index contributed by atoms with van der Waals surface area (Å²) in [5.41, 5.74) is 0.830. The van der Waals surface area contributed by atoms with E-state index in [2.05, 4.69) is 31.2 Å². The van der Waals surface area contributed by atoms with Gasteiger partial charge >= 0.3 is 0 Å². The van der Waals surface area contributed by atoms with E-state index >= 15 is 0 Å². The van der Waals surface area contributed by atoms with Gasteiger partial charge in [-0.1, -0.05) is 27.2 Å². The highest BCUT2D eigenvalue weighted by molar-refractivity contribution is 5.75. The van der Waals surface area contributed by atoms with E-state index in [1.54, 1.807) is 6.07 Å². The number of hydrogen-bond donors (Lipinski definition) is 1. The van der Waals surface area contributed by atoms with Crippen molar-refractivity contribution in [3.63, 3.8) is 0 Å². The highest BCUT2D eigenvalue weighted by atomic mass is 16.2. The van der Waals surface area contributed by atoms with Crippen molar-refractivity contribution in [1.82, 2.24) is 15.1 Å². The molecule has 1 saturated carbocycles. The van der Waals surface area contributed by atoms with Crippen LogP contribution >= 0.6 is 0 Å². The molecule has 128 valence electrons. The Kier molecular flexibility index (Phi) is 5.60. The van der Waals surface area contributed by atoms with Gasteiger partial charge in [0.2, 0.25) is 5.91 Å². The van der Waals surface area contributed by atoms with Gasteiger partial charge < -0.3 is 5.32 Å². The lowest BCUT2D eigenvalue weighted by atomic mass is 9.76. The lowest BCUT2D eigenvalue weighted by molar-refractivity contribution is -0.122. The van der Waals surface area contributed by atoms with Gasteiger partial charge in [0.05, 0.1) is 5.69 Å². The molecule has 0 spiro atoms. The molecule has 1 N–H and O–H groups in total. The maximum Gasteiger partial charge on any atom is 0.267 e. The molecule has 1 aromatic heterocycles. The summed E-state index contributed by atoms with van der Waals surface area (Å²) in [7, 11) is 0. The molecule has 1 aromatic rings. The van der Waals surface area contributed by atoms with Gasteiger partial charge in [-0.3, -0.25) is 9.59 Å². The van der Waals surface area contributed by atoms with Crippen LogP contribution in [0.25, 0.3) is 0 Å². The summed E-state index contributed by atoms with van der Waals surface area (Å²) in [6.07, 6.45) is 5.57. The first-order chi connectivity index (χ1) is 10.8. The predicted octanol–water partition coefficient (Wildman–Crippen LogP) is 2.66.